The van der Waals surface area contributed by atoms with Crippen molar-refractivity contribution in [2.75, 3.05) is 26.2 Å². The summed E-state index contributed by atoms with van der Waals surface area (Å²) in [5.74, 6) is 0.832. The molecule has 1 aromatic carbocycles. The van der Waals surface area contributed by atoms with Gasteiger partial charge in [0.2, 0.25) is 5.91 Å². The van der Waals surface area contributed by atoms with Crippen molar-refractivity contribution >= 4 is 46.7 Å². The summed E-state index contributed by atoms with van der Waals surface area (Å²) in [7, 11) is 0. The fraction of sp³-hybridized carbons (Fsp3) is 0.524. The van der Waals surface area contributed by atoms with Gasteiger partial charge in [0.1, 0.15) is 0 Å². The summed E-state index contributed by atoms with van der Waals surface area (Å²) in [6.45, 7) is 12.6. The number of carbonyl (C=O) groups excluding carboxylic acids is 1. The lowest BCUT2D eigenvalue weighted by Gasteiger charge is -2.18. The Morgan fingerprint density at radius 1 is 1.14 bits per heavy atom. The third-order valence-electron chi connectivity index (χ3n) is 4.30. The van der Waals surface area contributed by atoms with Gasteiger partial charge in [-0.2, -0.15) is 0 Å². The van der Waals surface area contributed by atoms with E-state index >= 15 is 0 Å². The molecule has 2 aromatic rings. The van der Waals surface area contributed by atoms with E-state index in [2.05, 4.69) is 57.2 Å². The van der Waals surface area contributed by atoms with Gasteiger partial charge >= 0.3 is 0 Å². The number of guanidine groups is 1. The summed E-state index contributed by atoms with van der Waals surface area (Å²) in [5, 5.41) is 10.7. The second kappa shape index (κ2) is 11.3. The monoisotopic (exact) mass is 499 g/mol. The molecule has 0 fully saturated rings. The first-order valence-electron chi connectivity index (χ1n) is 9.68. The van der Waals surface area contributed by atoms with Crippen molar-refractivity contribution in [3.8, 4) is 0 Å². The molecule has 0 bridgehead atoms. The topological polar surface area (TPSA) is 81.3 Å². The van der Waals surface area contributed by atoms with Gasteiger partial charge in [-0.25, -0.2) is 0 Å². The zero-order valence-corrected chi connectivity index (χ0v) is 19.9. The standard InChI is InChI=1S/C21H33N5O.HI/c1-6-22-20(25-12-11-23-19(27)21(3,4)5)24-10-9-16-14-26-18-13-15(2)7-8-17(16)18;/h7-8,13-14,26H,6,9-12H2,1-5H3,(H,23,27)(H2,22,24,25);1H. The normalized spacial score (nSPS) is 11.8. The van der Waals surface area contributed by atoms with Crippen molar-refractivity contribution in [3.05, 3.63) is 35.5 Å². The van der Waals surface area contributed by atoms with Gasteiger partial charge in [-0.3, -0.25) is 9.79 Å². The van der Waals surface area contributed by atoms with Crippen LogP contribution in [-0.4, -0.2) is 43.0 Å². The number of halogens is 1. The maximum atomic E-state index is 11.9. The highest BCUT2D eigenvalue weighted by Crippen LogP contribution is 2.19. The molecule has 4 N–H and O–H groups in total. The Hall–Kier alpha value is -1.77. The number of fused-ring (bicyclic) bond motifs is 1. The molecular weight excluding hydrogens is 465 g/mol. The maximum Gasteiger partial charge on any atom is 0.225 e. The number of aryl methyl sites for hydroxylation is 1. The molecule has 0 spiro atoms. The van der Waals surface area contributed by atoms with Gasteiger partial charge in [0, 0.05) is 48.7 Å². The van der Waals surface area contributed by atoms with Gasteiger partial charge in [0.25, 0.3) is 0 Å². The van der Waals surface area contributed by atoms with Crippen molar-refractivity contribution in [1.29, 1.82) is 0 Å². The SMILES string of the molecule is CCNC(=NCCc1c[nH]c2cc(C)ccc12)NCCNC(=O)C(C)(C)C.I. The molecule has 1 aromatic heterocycles. The van der Waals surface area contributed by atoms with E-state index in [-0.39, 0.29) is 35.3 Å². The third-order valence-corrected chi connectivity index (χ3v) is 4.30. The number of hydrogen-bond donors (Lipinski definition) is 4. The third kappa shape index (κ3) is 7.33. The van der Waals surface area contributed by atoms with Crippen LogP contribution in [0.25, 0.3) is 10.9 Å². The van der Waals surface area contributed by atoms with Gasteiger partial charge in [-0.1, -0.05) is 32.9 Å². The zero-order valence-electron chi connectivity index (χ0n) is 17.6. The van der Waals surface area contributed by atoms with Gasteiger partial charge in [0.05, 0.1) is 0 Å². The highest BCUT2D eigenvalue weighted by molar-refractivity contribution is 14.0. The van der Waals surface area contributed by atoms with Crippen molar-refractivity contribution < 1.29 is 4.79 Å². The van der Waals surface area contributed by atoms with Gasteiger partial charge in [-0.15, -0.1) is 24.0 Å². The van der Waals surface area contributed by atoms with E-state index in [1.165, 1.54) is 22.0 Å². The van der Waals surface area contributed by atoms with E-state index in [0.29, 0.717) is 19.6 Å². The minimum absolute atomic E-state index is 0. The molecule has 1 amide bonds. The van der Waals surface area contributed by atoms with Crippen molar-refractivity contribution in [1.82, 2.24) is 20.9 Å². The lowest BCUT2D eigenvalue weighted by molar-refractivity contribution is -0.128. The average molecular weight is 499 g/mol. The van der Waals surface area contributed by atoms with E-state index in [1.54, 1.807) is 0 Å². The summed E-state index contributed by atoms with van der Waals surface area (Å²) in [6, 6.07) is 6.47. The van der Waals surface area contributed by atoms with Gasteiger partial charge < -0.3 is 20.9 Å². The second-order valence-corrected chi connectivity index (χ2v) is 7.81. The summed E-state index contributed by atoms with van der Waals surface area (Å²) in [5.41, 5.74) is 3.35. The molecule has 0 aliphatic heterocycles. The summed E-state index contributed by atoms with van der Waals surface area (Å²) in [6.07, 6.45) is 2.95. The lowest BCUT2D eigenvalue weighted by Crippen LogP contribution is -2.43. The van der Waals surface area contributed by atoms with Crippen LogP contribution in [0.1, 0.15) is 38.8 Å². The molecule has 0 aliphatic carbocycles. The number of aromatic nitrogens is 1. The number of hydrogen-bond acceptors (Lipinski definition) is 2. The van der Waals surface area contributed by atoms with Crippen molar-refractivity contribution in [3.63, 3.8) is 0 Å². The molecule has 0 saturated heterocycles. The fourth-order valence-corrected chi connectivity index (χ4v) is 2.76. The number of H-pyrrole nitrogens is 1. The highest BCUT2D eigenvalue weighted by Gasteiger charge is 2.20. The molecule has 0 saturated carbocycles. The molecular formula is C21H34IN5O. The van der Waals surface area contributed by atoms with E-state index < -0.39 is 0 Å². The van der Waals surface area contributed by atoms with E-state index in [1.807, 2.05) is 27.7 Å². The quantitative estimate of drug-likeness (QED) is 0.204. The van der Waals surface area contributed by atoms with E-state index in [0.717, 1.165) is 18.9 Å². The van der Waals surface area contributed by atoms with Crippen LogP contribution < -0.4 is 16.0 Å². The summed E-state index contributed by atoms with van der Waals surface area (Å²) < 4.78 is 0. The minimum Gasteiger partial charge on any atom is -0.361 e. The predicted octanol–water partition coefficient (Wildman–Crippen LogP) is 3.35. The first kappa shape index (κ1) is 24.3. The number of rotatable bonds is 7. The number of nitrogens with one attached hydrogen (secondary N) is 4. The van der Waals surface area contributed by atoms with Crippen LogP contribution in [-0.2, 0) is 11.2 Å². The van der Waals surface area contributed by atoms with Gasteiger partial charge in [0.15, 0.2) is 5.96 Å². The summed E-state index contributed by atoms with van der Waals surface area (Å²) >= 11 is 0. The minimum atomic E-state index is -0.365. The smallest absolute Gasteiger partial charge is 0.225 e. The van der Waals surface area contributed by atoms with Crippen LogP contribution >= 0.6 is 24.0 Å². The maximum absolute atomic E-state index is 11.9. The second-order valence-electron chi connectivity index (χ2n) is 7.81. The first-order chi connectivity index (χ1) is 12.8. The Bertz CT molecular complexity index is 792. The molecule has 0 aliphatic rings. The molecule has 156 valence electrons. The van der Waals surface area contributed by atoms with Gasteiger partial charge in [-0.05, 0) is 37.5 Å². The summed E-state index contributed by atoms with van der Waals surface area (Å²) in [4.78, 5) is 19.9. The highest BCUT2D eigenvalue weighted by atomic mass is 127. The van der Waals surface area contributed by atoms with Crippen LogP contribution in [0.15, 0.2) is 29.4 Å². The number of carbonyl (C=O) groups is 1. The Morgan fingerprint density at radius 2 is 1.86 bits per heavy atom. The Labute approximate surface area is 185 Å². The zero-order chi connectivity index (χ0) is 19.9. The van der Waals surface area contributed by atoms with Crippen LogP contribution in [0.3, 0.4) is 0 Å². The number of aromatic amines is 1. The largest absolute Gasteiger partial charge is 0.361 e. The van der Waals surface area contributed by atoms with Crippen LogP contribution in [0, 0.1) is 12.3 Å². The molecule has 0 radical (unpaired) electrons. The lowest BCUT2D eigenvalue weighted by atomic mass is 9.96. The number of amides is 1. The predicted molar refractivity (Wildman–Crippen MR) is 129 cm³/mol. The van der Waals surface area contributed by atoms with Crippen molar-refractivity contribution in [2.45, 2.75) is 41.0 Å². The number of aliphatic imine (C=N–C) groups is 1. The Kier molecular flexibility index (Phi) is 9.78. The molecule has 1 heterocycles. The average Bonchev–Trinajstić information content (AvgIpc) is 2.99. The first-order valence-corrected chi connectivity index (χ1v) is 9.68. The molecule has 2 rings (SSSR count). The van der Waals surface area contributed by atoms with E-state index in [9.17, 15) is 4.79 Å². The molecule has 0 unspecified atom stereocenters. The number of nitrogens with zero attached hydrogens (tertiary/aromatic N) is 1. The Balaban J connectivity index is 0.00000392. The molecule has 0 atom stereocenters. The molecule has 28 heavy (non-hydrogen) atoms. The number of benzene rings is 1. The van der Waals surface area contributed by atoms with Crippen molar-refractivity contribution in [2.24, 2.45) is 10.4 Å². The Morgan fingerprint density at radius 3 is 2.54 bits per heavy atom. The van der Waals surface area contributed by atoms with Crippen LogP contribution in [0.2, 0.25) is 0 Å². The molecule has 7 heteroatoms. The fourth-order valence-electron chi connectivity index (χ4n) is 2.76. The van der Waals surface area contributed by atoms with Crippen LogP contribution in [0.5, 0.6) is 0 Å². The van der Waals surface area contributed by atoms with Crippen LogP contribution in [0.4, 0.5) is 0 Å². The van der Waals surface area contributed by atoms with E-state index in [4.69, 9.17) is 0 Å². The molecule has 6 nitrogen and oxygen atoms in total.